The third-order valence-electron chi connectivity index (χ3n) is 16.3. The van der Waals surface area contributed by atoms with Gasteiger partial charge >= 0.3 is 5.97 Å². The minimum atomic E-state index is -1.61. The molecule has 4 N–H and O–H groups in total. The van der Waals surface area contributed by atoms with Crippen molar-refractivity contribution >= 4 is 70.9 Å². The zero-order valence-corrected chi connectivity index (χ0v) is 57.9. The minimum absolute atomic E-state index is 0.00279. The Morgan fingerprint density at radius 2 is 0.909 bits per heavy atom. The van der Waals surface area contributed by atoms with Crippen molar-refractivity contribution < 1.29 is 62.3 Å². The van der Waals surface area contributed by atoms with Gasteiger partial charge in [0.05, 0.1) is 6.54 Å². The van der Waals surface area contributed by atoms with Crippen LogP contribution in [0, 0.1) is 41.4 Å². The predicted octanol–water partition coefficient (Wildman–Crippen LogP) is 3.84. The normalized spacial score (nSPS) is 26.3. The predicted molar refractivity (Wildman–Crippen MR) is 338 cm³/mol. The zero-order chi connectivity index (χ0) is 68.3. The minimum Gasteiger partial charge on any atom is -0.459 e. The lowest BCUT2D eigenvalue weighted by Gasteiger charge is -2.42. The van der Waals surface area contributed by atoms with E-state index in [4.69, 9.17) is 4.74 Å². The largest absolute Gasteiger partial charge is 0.459 e. The van der Waals surface area contributed by atoms with Crippen LogP contribution in [-0.2, 0) is 62.3 Å². The van der Waals surface area contributed by atoms with E-state index in [-0.39, 0.29) is 55.8 Å². The molecule has 1 aliphatic rings. The number of likely N-dealkylation sites (N-methyl/N-ethyl adjacent to an activating group) is 7. The summed E-state index contributed by atoms with van der Waals surface area (Å²) in [6, 6.07) is -12.5. The molecule has 1 fully saturated rings. The summed E-state index contributed by atoms with van der Waals surface area (Å²) in [7, 11) is 9.89. The van der Waals surface area contributed by atoms with E-state index in [1.807, 2.05) is 61.5 Å². The molecule has 0 bridgehead atoms. The van der Waals surface area contributed by atoms with E-state index in [1.165, 1.54) is 94.6 Å². The third kappa shape index (κ3) is 22.5. The summed E-state index contributed by atoms with van der Waals surface area (Å²) in [6.45, 7) is 30.4. The number of carbonyl (C=O) groups is 12. The lowest BCUT2D eigenvalue weighted by atomic mass is 9.91. The number of hydrogen-bond acceptors (Lipinski definition) is 13. The molecule has 24 nitrogen and oxygen atoms in total. The molecular weight excluding hydrogens is 1130 g/mol. The smallest absolute Gasteiger partial charge is 0.303 e. The molecule has 0 aromatic heterocycles. The molecule has 0 aliphatic carbocycles. The molecule has 12 unspecified atom stereocenters. The van der Waals surface area contributed by atoms with Crippen LogP contribution in [0.1, 0.15) is 163 Å². The second-order valence-corrected chi connectivity index (χ2v) is 26.7. The van der Waals surface area contributed by atoms with Crippen LogP contribution in [0.15, 0.2) is 12.2 Å². The number of carbonyl (C=O) groups excluding carboxylic acids is 12. The van der Waals surface area contributed by atoms with Crippen LogP contribution >= 0.6 is 0 Å². The van der Waals surface area contributed by atoms with Gasteiger partial charge in [-0.25, -0.2) is 0 Å². The van der Waals surface area contributed by atoms with Gasteiger partial charge in [0.1, 0.15) is 66.5 Å². The molecule has 1 saturated heterocycles. The third-order valence-corrected chi connectivity index (χ3v) is 16.3. The fourth-order valence-corrected chi connectivity index (χ4v) is 11.0. The fraction of sp³-hybridized carbons (Fsp3) is 0.781. The summed E-state index contributed by atoms with van der Waals surface area (Å²) >= 11 is 0. The SMILES string of the molecule is C/C=C/CC(C)C(OC(C)=O)C1C(=O)NC(CC)C(=O)N(C)CC(=O)N(C)C(CC(C)C)C(=O)NC(C(C)C)C(=O)N(C)C(CC(C)C)C(=O)NC(C)C(=O)NC(C)C(=O)N(C)C(CC(C)C)C(=O)N(C)C(CC(C)C)C(=O)N(C)C(C(C)C)C(=O)N1C. The lowest BCUT2D eigenvalue weighted by Crippen LogP contribution is -2.64. The Morgan fingerprint density at radius 3 is 1.35 bits per heavy atom. The van der Waals surface area contributed by atoms with Crippen LogP contribution in [0.3, 0.4) is 0 Å². The number of nitrogens with one attached hydrogen (secondary N) is 4. The van der Waals surface area contributed by atoms with Crippen molar-refractivity contribution in [2.24, 2.45) is 41.4 Å². The maximum Gasteiger partial charge on any atom is 0.303 e. The lowest BCUT2D eigenvalue weighted by molar-refractivity contribution is -0.164. The van der Waals surface area contributed by atoms with Gasteiger partial charge in [-0.3, -0.25) is 57.5 Å². The summed E-state index contributed by atoms with van der Waals surface area (Å²) in [5, 5.41) is 11.0. The van der Waals surface area contributed by atoms with Crippen LogP contribution in [0.2, 0.25) is 0 Å². The molecule has 0 radical (unpaired) electrons. The number of nitrogens with zero attached hydrogens (tertiary/aromatic N) is 7. The summed E-state index contributed by atoms with van der Waals surface area (Å²) in [4.78, 5) is 183. The van der Waals surface area contributed by atoms with Crippen LogP contribution < -0.4 is 21.3 Å². The van der Waals surface area contributed by atoms with Gasteiger partial charge < -0.3 is 60.3 Å². The van der Waals surface area contributed by atoms with Crippen LogP contribution in [0.25, 0.3) is 0 Å². The van der Waals surface area contributed by atoms with Gasteiger partial charge in [-0.15, -0.1) is 0 Å². The number of amides is 11. The molecular formula is C64H113N11O13. The van der Waals surface area contributed by atoms with E-state index < -0.39 is 162 Å². The van der Waals surface area contributed by atoms with Crippen molar-refractivity contribution in [1.29, 1.82) is 0 Å². The molecule has 0 saturated carbocycles. The molecule has 88 heavy (non-hydrogen) atoms. The molecule has 11 amide bonds. The van der Waals surface area contributed by atoms with Crippen LogP contribution in [0.5, 0.6) is 0 Å². The van der Waals surface area contributed by atoms with Crippen molar-refractivity contribution in [1.82, 2.24) is 55.6 Å². The molecule has 502 valence electrons. The van der Waals surface area contributed by atoms with E-state index in [0.29, 0.717) is 6.42 Å². The van der Waals surface area contributed by atoms with E-state index in [1.54, 1.807) is 54.5 Å². The van der Waals surface area contributed by atoms with Gasteiger partial charge in [0.15, 0.2) is 0 Å². The van der Waals surface area contributed by atoms with Gasteiger partial charge in [-0.05, 0) is 101 Å². The van der Waals surface area contributed by atoms with Gasteiger partial charge in [-0.1, -0.05) is 109 Å². The molecule has 12 atom stereocenters. The summed E-state index contributed by atoms with van der Waals surface area (Å²) in [5.41, 5.74) is 0. The number of rotatable bonds is 16. The second-order valence-electron chi connectivity index (χ2n) is 26.7. The Labute approximate surface area is 526 Å². The Morgan fingerprint density at radius 1 is 0.489 bits per heavy atom. The van der Waals surface area contributed by atoms with E-state index in [9.17, 15) is 38.4 Å². The van der Waals surface area contributed by atoms with Gasteiger partial charge in [0.25, 0.3) is 0 Å². The second kappa shape index (κ2) is 36.1. The first-order chi connectivity index (χ1) is 40.6. The molecule has 0 spiro atoms. The number of allylic oxidation sites excluding steroid dienone is 2. The van der Waals surface area contributed by atoms with Crippen molar-refractivity contribution in [3.8, 4) is 0 Å². The molecule has 1 heterocycles. The van der Waals surface area contributed by atoms with E-state index in [2.05, 4.69) is 21.3 Å². The Bertz CT molecular complexity index is 2450. The van der Waals surface area contributed by atoms with Crippen molar-refractivity contribution in [2.45, 2.75) is 230 Å². The Kier molecular flexibility index (Phi) is 32.6. The maximum atomic E-state index is 15.4. The fourth-order valence-electron chi connectivity index (χ4n) is 11.0. The standard InChI is InChI=1S/C64H113N11O13/c1-26-28-29-41(15)54(88-44(18)76)53-58(81)67-45(27-2)60(83)69(19)34-50(77)70(20)46(30-35(3)4)57(80)68-51(39(11)12)63(86)71(21)47(31-36(5)6)56(79)65-42(16)55(78)66-43(17)59(82)72(22)48(32-37(7)8)61(84)73(23)49(33-38(9)10)62(85)74(24)52(40(13)14)64(87)75(53)25/h26,28,35-43,45-49,51-54H,27,29-34H2,1-25H3,(H,65,79)(H,66,78)(H,67,81)(H,68,80)/b28-26+. The molecule has 24 heteroatoms. The summed E-state index contributed by atoms with van der Waals surface area (Å²) in [6.07, 6.45) is 3.15. The van der Waals surface area contributed by atoms with Crippen molar-refractivity contribution in [2.75, 3.05) is 55.9 Å². The quantitative estimate of drug-likeness (QED) is 0.126. The average molecular weight is 1240 g/mol. The molecule has 1 rings (SSSR count). The first-order valence-electron chi connectivity index (χ1n) is 31.4. The summed E-state index contributed by atoms with van der Waals surface area (Å²) < 4.78 is 5.93. The number of esters is 1. The van der Waals surface area contributed by atoms with Crippen molar-refractivity contribution in [3.63, 3.8) is 0 Å². The Hall–Kier alpha value is -6.62. The monoisotopic (exact) mass is 1240 g/mol. The number of ether oxygens (including phenoxy) is 1. The number of hydrogen-bond donors (Lipinski definition) is 4. The van der Waals surface area contributed by atoms with Gasteiger partial charge in [0.2, 0.25) is 65.0 Å². The highest BCUT2D eigenvalue weighted by Gasteiger charge is 2.47. The van der Waals surface area contributed by atoms with Gasteiger partial charge in [0, 0.05) is 56.3 Å². The van der Waals surface area contributed by atoms with Crippen LogP contribution in [-0.4, -0.2) is 228 Å². The first-order valence-corrected chi connectivity index (χ1v) is 31.4. The molecule has 1 aliphatic heterocycles. The van der Waals surface area contributed by atoms with Crippen LogP contribution in [0.4, 0.5) is 0 Å². The van der Waals surface area contributed by atoms with Gasteiger partial charge in [-0.2, -0.15) is 0 Å². The summed E-state index contributed by atoms with van der Waals surface area (Å²) in [5.74, 6) is -10.7. The highest BCUT2D eigenvalue weighted by Crippen LogP contribution is 2.27. The average Bonchev–Trinajstić information content (AvgIpc) is 2.69. The van der Waals surface area contributed by atoms with Crippen molar-refractivity contribution in [3.05, 3.63) is 12.2 Å². The zero-order valence-electron chi connectivity index (χ0n) is 57.9. The van der Waals surface area contributed by atoms with E-state index >= 15 is 19.2 Å². The highest BCUT2D eigenvalue weighted by atomic mass is 16.5. The topological polar surface area (TPSA) is 285 Å². The maximum absolute atomic E-state index is 15.4. The molecule has 0 aromatic carbocycles. The first kappa shape index (κ1) is 79.4. The molecule has 0 aromatic rings. The highest BCUT2D eigenvalue weighted by molar-refractivity contribution is 5.99. The Balaban J connectivity index is 4.43. The van der Waals surface area contributed by atoms with E-state index in [0.717, 1.165) is 9.80 Å².